The SMILES string of the molecule is Cc1ccc(N)cc1OCC(=O)NCc1ccccc1. The lowest BCUT2D eigenvalue weighted by Crippen LogP contribution is -2.28. The minimum atomic E-state index is -0.157. The van der Waals surface area contributed by atoms with E-state index in [2.05, 4.69) is 5.32 Å². The molecule has 0 saturated heterocycles. The molecule has 2 aromatic carbocycles. The number of nitrogens with one attached hydrogen (secondary N) is 1. The first-order valence-electron chi connectivity index (χ1n) is 6.44. The Morgan fingerprint density at radius 3 is 2.70 bits per heavy atom. The summed E-state index contributed by atoms with van der Waals surface area (Å²) in [5.41, 5.74) is 8.32. The molecule has 0 spiro atoms. The number of amides is 1. The second kappa shape index (κ2) is 6.61. The molecule has 0 atom stereocenters. The summed E-state index contributed by atoms with van der Waals surface area (Å²) >= 11 is 0. The molecule has 0 aliphatic rings. The Hall–Kier alpha value is -2.49. The molecule has 0 radical (unpaired) electrons. The second-order valence-corrected chi connectivity index (χ2v) is 4.58. The molecule has 0 fully saturated rings. The average Bonchev–Trinajstić information content (AvgIpc) is 2.47. The van der Waals surface area contributed by atoms with E-state index in [-0.39, 0.29) is 12.5 Å². The van der Waals surface area contributed by atoms with Gasteiger partial charge in [-0.15, -0.1) is 0 Å². The molecule has 0 bridgehead atoms. The van der Waals surface area contributed by atoms with Gasteiger partial charge in [0.1, 0.15) is 5.75 Å². The summed E-state index contributed by atoms with van der Waals surface area (Å²) < 4.78 is 5.48. The number of hydrogen-bond donors (Lipinski definition) is 2. The molecule has 20 heavy (non-hydrogen) atoms. The van der Waals surface area contributed by atoms with Crippen LogP contribution in [0.3, 0.4) is 0 Å². The summed E-state index contributed by atoms with van der Waals surface area (Å²) in [6, 6.07) is 15.1. The first-order valence-corrected chi connectivity index (χ1v) is 6.44. The van der Waals surface area contributed by atoms with Gasteiger partial charge in [-0.25, -0.2) is 0 Å². The van der Waals surface area contributed by atoms with Crippen molar-refractivity contribution in [3.05, 3.63) is 59.7 Å². The number of ether oxygens (including phenoxy) is 1. The highest BCUT2D eigenvalue weighted by atomic mass is 16.5. The number of carbonyl (C=O) groups excluding carboxylic acids is 1. The van der Waals surface area contributed by atoms with Crippen molar-refractivity contribution in [3.63, 3.8) is 0 Å². The third-order valence-corrected chi connectivity index (χ3v) is 2.90. The lowest BCUT2D eigenvalue weighted by atomic mass is 10.2. The largest absolute Gasteiger partial charge is 0.483 e. The number of anilines is 1. The van der Waals surface area contributed by atoms with Gasteiger partial charge in [0, 0.05) is 18.3 Å². The Kier molecular flexibility index (Phi) is 4.60. The van der Waals surface area contributed by atoms with Crippen LogP contribution in [0.4, 0.5) is 5.69 Å². The smallest absolute Gasteiger partial charge is 0.258 e. The van der Waals surface area contributed by atoms with Crippen LogP contribution < -0.4 is 15.8 Å². The van der Waals surface area contributed by atoms with Crippen molar-refractivity contribution in [2.75, 3.05) is 12.3 Å². The lowest BCUT2D eigenvalue weighted by Gasteiger charge is -2.10. The molecule has 0 aromatic heterocycles. The van der Waals surface area contributed by atoms with Crippen LogP contribution in [0.15, 0.2) is 48.5 Å². The van der Waals surface area contributed by atoms with Gasteiger partial charge in [0.05, 0.1) is 0 Å². The van der Waals surface area contributed by atoms with E-state index in [0.717, 1.165) is 11.1 Å². The molecule has 2 rings (SSSR count). The zero-order chi connectivity index (χ0) is 14.4. The van der Waals surface area contributed by atoms with Gasteiger partial charge in [0.25, 0.3) is 5.91 Å². The van der Waals surface area contributed by atoms with E-state index in [1.54, 1.807) is 12.1 Å². The van der Waals surface area contributed by atoms with Gasteiger partial charge in [-0.05, 0) is 24.1 Å². The molecule has 0 aliphatic carbocycles. The molecule has 3 N–H and O–H groups in total. The first kappa shape index (κ1) is 13.9. The van der Waals surface area contributed by atoms with Crippen LogP contribution in [0.5, 0.6) is 5.75 Å². The van der Waals surface area contributed by atoms with Gasteiger partial charge in [-0.3, -0.25) is 4.79 Å². The van der Waals surface area contributed by atoms with Crippen LogP contribution in [0.1, 0.15) is 11.1 Å². The molecule has 0 unspecified atom stereocenters. The monoisotopic (exact) mass is 270 g/mol. The fourth-order valence-electron chi connectivity index (χ4n) is 1.76. The Bertz CT molecular complexity index is 582. The first-order chi connectivity index (χ1) is 9.65. The molecule has 104 valence electrons. The van der Waals surface area contributed by atoms with Gasteiger partial charge >= 0.3 is 0 Å². The molecular weight excluding hydrogens is 252 g/mol. The summed E-state index contributed by atoms with van der Waals surface area (Å²) in [7, 11) is 0. The van der Waals surface area contributed by atoms with E-state index in [4.69, 9.17) is 10.5 Å². The maximum absolute atomic E-state index is 11.7. The zero-order valence-electron chi connectivity index (χ0n) is 11.4. The van der Waals surface area contributed by atoms with Crippen molar-refractivity contribution in [2.45, 2.75) is 13.5 Å². The fraction of sp³-hybridized carbons (Fsp3) is 0.188. The fourth-order valence-corrected chi connectivity index (χ4v) is 1.76. The Morgan fingerprint density at radius 1 is 1.20 bits per heavy atom. The van der Waals surface area contributed by atoms with Crippen molar-refractivity contribution in [1.29, 1.82) is 0 Å². The number of rotatable bonds is 5. The molecule has 0 saturated carbocycles. The van der Waals surface area contributed by atoms with E-state index in [9.17, 15) is 4.79 Å². The van der Waals surface area contributed by atoms with E-state index >= 15 is 0 Å². The summed E-state index contributed by atoms with van der Waals surface area (Å²) in [5.74, 6) is 0.482. The summed E-state index contributed by atoms with van der Waals surface area (Å²) in [4.78, 5) is 11.7. The number of nitrogen functional groups attached to an aromatic ring is 1. The quantitative estimate of drug-likeness (QED) is 0.819. The molecule has 4 nitrogen and oxygen atoms in total. The highest BCUT2D eigenvalue weighted by Crippen LogP contribution is 2.20. The minimum Gasteiger partial charge on any atom is -0.483 e. The van der Waals surface area contributed by atoms with Crippen molar-refractivity contribution in [1.82, 2.24) is 5.32 Å². The topological polar surface area (TPSA) is 64.3 Å². The van der Waals surface area contributed by atoms with Crippen LogP contribution in [0.2, 0.25) is 0 Å². The van der Waals surface area contributed by atoms with Gasteiger partial charge in [0.15, 0.2) is 6.61 Å². The Balaban J connectivity index is 1.82. The van der Waals surface area contributed by atoms with Gasteiger partial charge in [0.2, 0.25) is 0 Å². The Labute approximate surface area is 118 Å². The van der Waals surface area contributed by atoms with E-state index in [0.29, 0.717) is 18.0 Å². The van der Waals surface area contributed by atoms with Crippen LogP contribution in [0.25, 0.3) is 0 Å². The number of aryl methyl sites for hydroxylation is 1. The maximum atomic E-state index is 11.7. The van der Waals surface area contributed by atoms with E-state index < -0.39 is 0 Å². The molecule has 4 heteroatoms. The van der Waals surface area contributed by atoms with Crippen LogP contribution in [-0.2, 0) is 11.3 Å². The molecule has 1 amide bonds. The van der Waals surface area contributed by atoms with Gasteiger partial charge in [-0.2, -0.15) is 0 Å². The van der Waals surface area contributed by atoms with E-state index in [1.165, 1.54) is 0 Å². The predicted octanol–water partition coefficient (Wildman–Crippen LogP) is 2.27. The summed E-state index contributed by atoms with van der Waals surface area (Å²) in [6.07, 6.45) is 0. The van der Waals surface area contributed by atoms with Crippen molar-refractivity contribution >= 4 is 11.6 Å². The van der Waals surface area contributed by atoms with Gasteiger partial charge in [-0.1, -0.05) is 36.4 Å². The highest BCUT2D eigenvalue weighted by Gasteiger charge is 2.05. The van der Waals surface area contributed by atoms with Crippen molar-refractivity contribution in [3.8, 4) is 5.75 Å². The number of hydrogen-bond acceptors (Lipinski definition) is 3. The highest BCUT2D eigenvalue weighted by molar-refractivity contribution is 5.77. The third kappa shape index (κ3) is 4.02. The lowest BCUT2D eigenvalue weighted by molar-refractivity contribution is -0.123. The normalized spacial score (nSPS) is 10.1. The van der Waals surface area contributed by atoms with Crippen molar-refractivity contribution < 1.29 is 9.53 Å². The molecular formula is C16H18N2O2. The van der Waals surface area contributed by atoms with Crippen molar-refractivity contribution in [2.24, 2.45) is 0 Å². The van der Waals surface area contributed by atoms with Crippen LogP contribution in [0, 0.1) is 6.92 Å². The maximum Gasteiger partial charge on any atom is 0.258 e. The number of carbonyl (C=O) groups is 1. The third-order valence-electron chi connectivity index (χ3n) is 2.90. The summed E-state index contributed by atoms with van der Waals surface area (Å²) in [6.45, 7) is 2.40. The average molecular weight is 270 g/mol. The second-order valence-electron chi connectivity index (χ2n) is 4.58. The number of nitrogens with two attached hydrogens (primary N) is 1. The summed E-state index contributed by atoms with van der Waals surface area (Å²) in [5, 5.41) is 2.81. The molecule has 0 aliphatic heterocycles. The van der Waals surface area contributed by atoms with Crippen LogP contribution in [-0.4, -0.2) is 12.5 Å². The molecule has 0 heterocycles. The Morgan fingerprint density at radius 2 is 1.95 bits per heavy atom. The van der Waals surface area contributed by atoms with Crippen LogP contribution >= 0.6 is 0 Å². The zero-order valence-corrected chi connectivity index (χ0v) is 11.4. The molecule has 2 aromatic rings. The van der Waals surface area contributed by atoms with E-state index in [1.807, 2.05) is 43.3 Å². The predicted molar refractivity (Wildman–Crippen MR) is 79.4 cm³/mol. The van der Waals surface area contributed by atoms with Gasteiger partial charge < -0.3 is 15.8 Å². The number of benzene rings is 2. The standard InChI is InChI=1S/C16H18N2O2/c1-12-7-8-14(17)9-15(12)20-11-16(19)18-10-13-5-3-2-4-6-13/h2-9H,10-11,17H2,1H3,(H,18,19). The minimum absolute atomic E-state index is 0.0167.